The van der Waals surface area contributed by atoms with E-state index in [0.29, 0.717) is 46.6 Å². The minimum atomic E-state index is -0.409. The summed E-state index contributed by atoms with van der Waals surface area (Å²) in [6.07, 6.45) is 2.83. The van der Waals surface area contributed by atoms with E-state index in [4.69, 9.17) is 18.9 Å². The molecule has 0 radical (unpaired) electrons. The Morgan fingerprint density at radius 1 is 0.548 bits per heavy atom. The number of rotatable bonds is 13. The van der Waals surface area contributed by atoms with Gasteiger partial charge < -0.3 is 18.9 Å². The summed E-state index contributed by atoms with van der Waals surface area (Å²) in [5, 5.41) is 0. The summed E-state index contributed by atoms with van der Waals surface area (Å²) in [5.41, 5.74) is 5.38. The van der Waals surface area contributed by atoms with Crippen molar-refractivity contribution in [3.8, 4) is 11.5 Å². The van der Waals surface area contributed by atoms with E-state index < -0.39 is 11.9 Å². The zero-order chi connectivity index (χ0) is 29.9. The van der Waals surface area contributed by atoms with E-state index in [2.05, 4.69) is 0 Å². The summed E-state index contributed by atoms with van der Waals surface area (Å²) in [7, 11) is 2.66. The molecule has 0 aromatic heterocycles. The first kappa shape index (κ1) is 29.7. The van der Waals surface area contributed by atoms with Crippen molar-refractivity contribution in [2.75, 3.05) is 14.2 Å². The molecule has 0 unspecified atom stereocenters. The molecule has 0 spiro atoms. The van der Waals surface area contributed by atoms with E-state index in [1.54, 1.807) is 72.8 Å². The van der Waals surface area contributed by atoms with Crippen LogP contribution in [0.3, 0.4) is 0 Å². The van der Waals surface area contributed by atoms with Crippen molar-refractivity contribution in [1.29, 1.82) is 0 Å². The lowest BCUT2D eigenvalue weighted by Gasteiger charge is -2.12. The van der Waals surface area contributed by atoms with Gasteiger partial charge in [0.2, 0.25) is 0 Å². The molecule has 8 heteroatoms. The monoisotopic (exact) mass is 566 g/mol. The molecule has 0 aliphatic rings. The number of aryl methyl sites for hydroxylation is 2. The topological polar surface area (TPSA) is 105 Å². The SMILES string of the molecule is COC(=O)c1ccc(COc2ccc(CCc3ccc(OCc4ccc(C(=O)OC)cc4)c(C=O)c3)cc2C=O)cc1. The first-order chi connectivity index (χ1) is 20.4. The van der Waals surface area contributed by atoms with Crippen LogP contribution in [0.1, 0.15) is 63.7 Å². The molecule has 0 saturated heterocycles. The Morgan fingerprint density at radius 3 is 1.24 bits per heavy atom. The fourth-order valence-electron chi connectivity index (χ4n) is 4.27. The lowest BCUT2D eigenvalue weighted by atomic mass is 10.0. The summed E-state index contributed by atoms with van der Waals surface area (Å²) in [5.74, 6) is 0.119. The zero-order valence-corrected chi connectivity index (χ0v) is 23.3. The predicted molar refractivity (Wildman–Crippen MR) is 155 cm³/mol. The van der Waals surface area contributed by atoms with Gasteiger partial charge in [0.1, 0.15) is 24.7 Å². The Labute approximate surface area is 243 Å². The fourth-order valence-corrected chi connectivity index (χ4v) is 4.27. The summed E-state index contributed by atoms with van der Waals surface area (Å²) >= 11 is 0. The van der Waals surface area contributed by atoms with E-state index in [1.165, 1.54) is 14.2 Å². The molecule has 0 aliphatic heterocycles. The highest BCUT2D eigenvalue weighted by molar-refractivity contribution is 5.89. The standard InChI is InChI=1S/C34H30O8/c1-39-33(37)27-11-5-25(6-12-27)21-41-31-15-9-23(17-29(31)19-35)3-4-24-10-16-32(30(18-24)20-36)42-22-26-7-13-28(14-8-26)34(38)40-2/h5-20H,3-4,21-22H2,1-2H3. The van der Waals surface area contributed by atoms with Crippen LogP contribution in [0.4, 0.5) is 0 Å². The maximum Gasteiger partial charge on any atom is 0.337 e. The Morgan fingerprint density at radius 2 is 0.905 bits per heavy atom. The Balaban J connectivity index is 1.33. The van der Waals surface area contributed by atoms with Crippen molar-refractivity contribution in [3.63, 3.8) is 0 Å². The Hall–Kier alpha value is -5.24. The Kier molecular flexibility index (Phi) is 10.2. The summed E-state index contributed by atoms with van der Waals surface area (Å²) < 4.78 is 21.1. The molecule has 0 bridgehead atoms. The van der Waals surface area contributed by atoms with Crippen LogP contribution in [0.25, 0.3) is 0 Å². The van der Waals surface area contributed by atoms with Gasteiger partial charge in [0.25, 0.3) is 0 Å². The molecule has 4 rings (SSSR count). The van der Waals surface area contributed by atoms with Gasteiger partial charge in [-0.15, -0.1) is 0 Å². The molecular formula is C34H30O8. The molecule has 8 nitrogen and oxygen atoms in total. The normalized spacial score (nSPS) is 10.4. The number of carbonyl (C=O) groups excluding carboxylic acids is 4. The smallest absolute Gasteiger partial charge is 0.337 e. The molecule has 0 heterocycles. The molecule has 0 N–H and O–H groups in total. The molecule has 0 atom stereocenters. The highest BCUT2D eigenvalue weighted by atomic mass is 16.5. The van der Waals surface area contributed by atoms with E-state index in [-0.39, 0.29) is 13.2 Å². The number of ether oxygens (including phenoxy) is 4. The second-order valence-corrected chi connectivity index (χ2v) is 9.43. The molecule has 214 valence electrons. The minimum absolute atomic E-state index is 0.239. The third-order valence-electron chi connectivity index (χ3n) is 6.64. The van der Waals surface area contributed by atoms with Gasteiger partial charge in [-0.2, -0.15) is 0 Å². The summed E-state index contributed by atoms with van der Waals surface area (Å²) in [6.45, 7) is 0.479. The van der Waals surface area contributed by atoms with Gasteiger partial charge in [-0.25, -0.2) is 9.59 Å². The van der Waals surface area contributed by atoms with E-state index in [1.807, 2.05) is 12.1 Å². The van der Waals surface area contributed by atoms with Crippen molar-refractivity contribution in [2.24, 2.45) is 0 Å². The van der Waals surface area contributed by atoms with Crippen LogP contribution >= 0.6 is 0 Å². The van der Waals surface area contributed by atoms with Crippen LogP contribution in [0.5, 0.6) is 11.5 Å². The first-order valence-corrected chi connectivity index (χ1v) is 13.2. The number of aldehydes is 2. The molecule has 4 aromatic rings. The molecular weight excluding hydrogens is 536 g/mol. The van der Waals surface area contributed by atoms with Crippen molar-refractivity contribution < 1.29 is 38.1 Å². The van der Waals surface area contributed by atoms with Crippen LogP contribution in [-0.4, -0.2) is 38.7 Å². The average molecular weight is 567 g/mol. The largest absolute Gasteiger partial charge is 0.488 e. The quantitative estimate of drug-likeness (QED) is 0.147. The van der Waals surface area contributed by atoms with Crippen LogP contribution in [0.15, 0.2) is 84.9 Å². The van der Waals surface area contributed by atoms with Gasteiger partial charge in [-0.1, -0.05) is 36.4 Å². The molecule has 4 aromatic carbocycles. The van der Waals surface area contributed by atoms with Gasteiger partial charge in [0.15, 0.2) is 12.6 Å². The number of carbonyl (C=O) groups is 4. The number of methoxy groups -OCH3 is 2. The molecule has 0 aliphatic carbocycles. The van der Waals surface area contributed by atoms with E-state index in [0.717, 1.165) is 34.8 Å². The second-order valence-electron chi connectivity index (χ2n) is 9.43. The van der Waals surface area contributed by atoms with Crippen molar-refractivity contribution in [2.45, 2.75) is 26.1 Å². The van der Waals surface area contributed by atoms with Gasteiger partial charge in [0.05, 0.1) is 36.5 Å². The molecule has 0 amide bonds. The van der Waals surface area contributed by atoms with Gasteiger partial charge in [0, 0.05) is 0 Å². The average Bonchev–Trinajstić information content (AvgIpc) is 3.05. The number of hydrogen-bond donors (Lipinski definition) is 0. The summed E-state index contributed by atoms with van der Waals surface area (Å²) in [4.78, 5) is 46.7. The minimum Gasteiger partial charge on any atom is -0.488 e. The van der Waals surface area contributed by atoms with Crippen molar-refractivity contribution in [1.82, 2.24) is 0 Å². The number of esters is 2. The van der Waals surface area contributed by atoms with Gasteiger partial charge in [-0.05, 0) is 83.6 Å². The van der Waals surface area contributed by atoms with Crippen molar-refractivity contribution in [3.05, 3.63) is 129 Å². The zero-order valence-electron chi connectivity index (χ0n) is 23.3. The fraction of sp³-hybridized carbons (Fsp3) is 0.176. The van der Waals surface area contributed by atoms with E-state index >= 15 is 0 Å². The number of hydrogen-bond acceptors (Lipinski definition) is 8. The first-order valence-electron chi connectivity index (χ1n) is 13.2. The predicted octanol–water partition coefficient (Wildman–Crippen LogP) is 5.83. The van der Waals surface area contributed by atoms with Gasteiger partial charge in [-0.3, -0.25) is 9.59 Å². The third kappa shape index (κ3) is 7.69. The van der Waals surface area contributed by atoms with Gasteiger partial charge >= 0.3 is 11.9 Å². The van der Waals surface area contributed by atoms with Crippen molar-refractivity contribution >= 4 is 24.5 Å². The highest BCUT2D eigenvalue weighted by Crippen LogP contribution is 2.24. The lowest BCUT2D eigenvalue weighted by Crippen LogP contribution is -2.03. The van der Waals surface area contributed by atoms with E-state index in [9.17, 15) is 19.2 Å². The maximum absolute atomic E-state index is 11.8. The van der Waals surface area contributed by atoms with Crippen LogP contribution in [0, 0.1) is 0 Å². The Bertz CT molecular complexity index is 1440. The van der Waals surface area contributed by atoms with Crippen LogP contribution in [-0.2, 0) is 35.5 Å². The highest BCUT2D eigenvalue weighted by Gasteiger charge is 2.10. The molecule has 0 saturated carbocycles. The third-order valence-corrected chi connectivity index (χ3v) is 6.64. The second kappa shape index (κ2) is 14.4. The maximum atomic E-state index is 11.8. The van der Waals surface area contributed by atoms with Crippen LogP contribution < -0.4 is 9.47 Å². The molecule has 42 heavy (non-hydrogen) atoms. The number of benzene rings is 4. The lowest BCUT2D eigenvalue weighted by molar-refractivity contribution is 0.0592. The summed E-state index contributed by atoms with van der Waals surface area (Å²) in [6, 6.07) is 24.7. The molecule has 0 fully saturated rings. The van der Waals surface area contributed by atoms with Crippen LogP contribution in [0.2, 0.25) is 0 Å².